The van der Waals surface area contributed by atoms with Crippen LogP contribution in [-0.4, -0.2) is 18.2 Å². The Balaban J connectivity index is 4.49. The average Bonchev–Trinajstić information content (AvgIpc) is 1.76. The van der Waals surface area contributed by atoms with E-state index in [0.717, 1.165) is 6.92 Å². The molecule has 0 aliphatic rings. The van der Waals surface area contributed by atoms with Crippen LogP contribution in [-0.2, 0) is 22.9 Å². The van der Waals surface area contributed by atoms with E-state index in [9.17, 15) is 9.36 Å². The molecular formula is C8H17O5P. The number of carbonyl (C=O) groups excluding carboxylic acids is 1. The molecule has 84 valence electrons. The summed E-state index contributed by atoms with van der Waals surface area (Å²) < 4.78 is 26.2. The van der Waals surface area contributed by atoms with E-state index in [-0.39, 0.29) is 12.2 Å². The zero-order valence-electron chi connectivity index (χ0n) is 9.14. The van der Waals surface area contributed by atoms with Crippen LogP contribution in [0.5, 0.6) is 0 Å². The van der Waals surface area contributed by atoms with Gasteiger partial charge in [0, 0.05) is 6.92 Å². The first kappa shape index (κ1) is 13.6. The van der Waals surface area contributed by atoms with E-state index < -0.39 is 13.8 Å². The maximum absolute atomic E-state index is 11.8. The summed E-state index contributed by atoms with van der Waals surface area (Å²) in [6.45, 7) is 7.87. The summed E-state index contributed by atoms with van der Waals surface area (Å²) in [5, 5.41) is 0. The first-order valence-corrected chi connectivity index (χ1v) is 5.88. The summed E-state index contributed by atoms with van der Waals surface area (Å²) in [5.74, 6) is -0.686. The highest BCUT2D eigenvalue weighted by Gasteiger charge is 2.32. The molecule has 0 aliphatic carbocycles. The second-order valence-corrected chi connectivity index (χ2v) is 4.84. The van der Waals surface area contributed by atoms with E-state index in [4.69, 9.17) is 9.05 Å². The lowest BCUT2D eigenvalue weighted by atomic mass is 10.5. The lowest BCUT2D eigenvalue weighted by Crippen LogP contribution is -2.11. The maximum atomic E-state index is 11.8. The first-order chi connectivity index (χ1) is 6.25. The molecule has 0 N–H and O–H groups in total. The number of carbonyl (C=O) groups is 1. The number of phosphoric acid groups is 1. The molecule has 14 heavy (non-hydrogen) atoms. The Morgan fingerprint density at radius 2 is 1.43 bits per heavy atom. The van der Waals surface area contributed by atoms with Crippen LogP contribution in [0.3, 0.4) is 0 Å². The van der Waals surface area contributed by atoms with Crippen molar-refractivity contribution < 1.29 is 22.9 Å². The number of rotatable bonds is 5. The third-order valence-corrected chi connectivity index (χ3v) is 2.76. The van der Waals surface area contributed by atoms with E-state index in [1.54, 1.807) is 27.7 Å². The minimum atomic E-state index is -3.74. The minimum Gasteiger partial charge on any atom is -0.371 e. The molecule has 5 nitrogen and oxygen atoms in total. The standard InChI is InChI=1S/C8H17O5P/c1-6(2)11-14(10,12-7(3)4)13-8(5)9/h6-7H,1-5H3. The van der Waals surface area contributed by atoms with Crippen molar-refractivity contribution in [3.05, 3.63) is 0 Å². The van der Waals surface area contributed by atoms with Crippen LogP contribution in [0.1, 0.15) is 34.6 Å². The fraction of sp³-hybridized carbons (Fsp3) is 0.875. The van der Waals surface area contributed by atoms with Gasteiger partial charge in [-0.05, 0) is 27.7 Å². The van der Waals surface area contributed by atoms with E-state index in [1.807, 2.05) is 0 Å². The largest absolute Gasteiger partial charge is 0.532 e. The summed E-state index contributed by atoms with van der Waals surface area (Å²) >= 11 is 0. The van der Waals surface area contributed by atoms with E-state index in [0.29, 0.717) is 0 Å². The predicted molar refractivity (Wildman–Crippen MR) is 51.8 cm³/mol. The molecule has 0 aromatic carbocycles. The SMILES string of the molecule is CC(=O)OP(=O)(OC(C)C)OC(C)C. The van der Waals surface area contributed by atoms with Crippen LogP contribution in [0.15, 0.2) is 0 Å². The van der Waals surface area contributed by atoms with Gasteiger partial charge in [0.25, 0.3) is 0 Å². The van der Waals surface area contributed by atoms with Gasteiger partial charge in [-0.1, -0.05) is 0 Å². The van der Waals surface area contributed by atoms with Gasteiger partial charge in [-0.25, -0.2) is 4.57 Å². The van der Waals surface area contributed by atoms with Gasteiger partial charge in [-0.3, -0.25) is 13.8 Å². The summed E-state index contributed by atoms with van der Waals surface area (Å²) in [6.07, 6.45) is -0.669. The van der Waals surface area contributed by atoms with Crippen molar-refractivity contribution in [3.63, 3.8) is 0 Å². The smallest absolute Gasteiger partial charge is 0.371 e. The minimum absolute atomic E-state index is 0.334. The van der Waals surface area contributed by atoms with Gasteiger partial charge in [0.05, 0.1) is 12.2 Å². The van der Waals surface area contributed by atoms with Gasteiger partial charge in [-0.15, -0.1) is 0 Å². The van der Waals surface area contributed by atoms with Crippen molar-refractivity contribution in [1.29, 1.82) is 0 Å². The molecule has 0 aromatic heterocycles. The van der Waals surface area contributed by atoms with E-state index in [2.05, 4.69) is 4.52 Å². The molecule has 0 radical (unpaired) electrons. The predicted octanol–water partition coefficient (Wildman–Crippen LogP) is 2.51. The van der Waals surface area contributed by atoms with Gasteiger partial charge in [0.2, 0.25) is 0 Å². The van der Waals surface area contributed by atoms with Crippen molar-refractivity contribution in [1.82, 2.24) is 0 Å². The molecule has 0 atom stereocenters. The number of hydrogen-bond donors (Lipinski definition) is 0. The van der Waals surface area contributed by atoms with Crippen LogP contribution in [0.2, 0.25) is 0 Å². The van der Waals surface area contributed by atoms with Crippen LogP contribution < -0.4 is 0 Å². The van der Waals surface area contributed by atoms with Gasteiger partial charge in [0.1, 0.15) is 0 Å². The molecule has 6 heteroatoms. The quantitative estimate of drug-likeness (QED) is 0.671. The molecule has 0 spiro atoms. The molecule has 0 saturated carbocycles. The Hall–Kier alpha value is -0.380. The van der Waals surface area contributed by atoms with Crippen molar-refractivity contribution in [3.8, 4) is 0 Å². The molecule has 0 aromatic rings. The number of hydrogen-bond acceptors (Lipinski definition) is 5. The molecule has 0 amide bonds. The lowest BCUT2D eigenvalue weighted by Gasteiger charge is -2.20. The topological polar surface area (TPSA) is 61.8 Å². The van der Waals surface area contributed by atoms with Crippen molar-refractivity contribution in [2.24, 2.45) is 0 Å². The second kappa shape index (κ2) is 5.49. The van der Waals surface area contributed by atoms with Crippen LogP contribution in [0.4, 0.5) is 0 Å². The molecule has 0 rings (SSSR count). The molecule has 0 fully saturated rings. The summed E-state index contributed by atoms with van der Waals surface area (Å²) in [5.41, 5.74) is 0. The first-order valence-electron chi connectivity index (χ1n) is 4.42. The molecule has 0 bridgehead atoms. The van der Waals surface area contributed by atoms with Crippen LogP contribution >= 0.6 is 7.82 Å². The zero-order valence-corrected chi connectivity index (χ0v) is 10.0. The monoisotopic (exact) mass is 224 g/mol. The second-order valence-electron chi connectivity index (χ2n) is 3.34. The molecule has 0 aliphatic heterocycles. The van der Waals surface area contributed by atoms with Gasteiger partial charge >= 0.3 is 13.8 Å². The third kappa shape index (κ3) is 6.13. The molecular weight excluding hydrogens is 207 g/mol. The Morgan fingerprint density at radius 3 is 1.64 bits per heavy atom. The Kier molecular flexibility index (Phi) is 5.34. The fourth-order valence-corrected chi connectivity index (χ4v) is 2.23. The highest BCUT2D eigenvalue weighted by molar-refractivity contribution is 7.49. The van der Waals surface area contributed by atoms with E-state index in [1.165, 1.54) is 0 Å². The van der Waals surface area contributed by atoms with Gasteiger partial charge in [0.15, 0.2) is 0 Å². The lowest BCUT2D eigenvalue weighted by molar-refractivity contribution is -0.134. The van der Waals surface area contributed by atoms with Gasteiger partial charge in [-0.2, -0.15) is 0 Å². The normalized spacial score (nSPS) is 12.2. The van der Waals surface area contributed by atoms with Crippen molar-refractivity contribution >= 4 is 13.8 Å². The average molecular weight is 224 g/mol. The Labute approximate surface area is 84.3 Å². The summed E-state index contributed by atoms with van der Waals surface area (Å²) in [7, 11) is -3.74. The molecule has 0 saturated heterocycles. The van der Waals surface area contributed by atoms with Crippen LogP contribution in [0, 0.1) is 0 Å². The molecule has 0 heterocycles. The Morgan fingerprint density at radius 1 is 1.07 bits per heavy atom. The number of phosphoric ester groups is 1. The zero-order chi connectivity index (χ0) is 11.4. The fourth-order valence-electron chi connectivity index (χ4n) is 0.742. The van der Waals surface area contributed by atoms with Crippen LogP contribution in [0.25, 0.3) is 0 Å². The Bertz CT molecular complexity index is 222. The highest BCUT2D eigenvalue weighted by atomic mass is 31.2. The summed E-state index contributed by atoms with van der Waals surface area (Å²) in [6, 6.07) is 0. The van der Waals surface area contributed by atoms with E-state index >= 15 is 0 Å². The maximum Gasteiger partial charge on any atom is 0.532 e. The summed E-state index contributed by atoms with van der Waals surface area (Å²) in [4.78, 5) is 10.7. The van der Waals surface area contributed by atoms with Gasteiger partial charge < -0.3 is 4.52 Å². The van der Waals surface area contributed by atoms with Crippen molar-refractivity contribution in [2.75, 3.05) is 0 Å². The third-order valence-electron chi connectivity index (χ3n) is 0.920. The highest BCUT2D eigenvalue weighted by Crippen LogP contribution is 2.51. The van der Waals surface area contributed by atoms with Crippen molar-refractivity contribution in [2.45, 2.75) is 46.8 Å². The molecule has 0 unspecified atom stereocenters.